The van der Waals surface area contributed by atoms with Gasteiger partial charge in [-0.1, -0.05) is 29.8 Å². The van der Waals surface area contributed by atoms with Crippen molar-refractivity contribution in [2.75, 3.05) is 6.61 Å². The molecular formula is C16H17ClN2O2. The fourth-order valence-electron chi connectivity index (χ4n) is 1.77. The maximum atomic E-state index is 9.62. The zero-order valence-corrected chi connectivity index (χ0v) is 12.5. The molecule has 2 N–H and O–H groups in total. The summed E-state index contributed by atoms with van der Waals surface area (Å²) in [6, 6.07) is 12.7. The minimum Gasteiger partial charge on any atom is -0.504 e. The maximum absolute atomic E-state index is 9.62. The van der Waals surface area contributed by atoms with Crippen LogP contribution < -0.4 is 10.2 Å². The summed E-state index contributed by atoms with van der Waals surface area (Å²) < 4.78 is 5.32. The molecule has 0 amide bonds. The average molecular weight is 305 g/mol. The van der Waals surface area contributed by atoms with Gasteiger partial charge in [-0.25, -0.2) is 0 Å². The van der Waals surface area contributed by atoms with Crippen LogP contribution >= 0.6 is 11.6 Å². The Labute approximate surface area is 129 Å². The topological polar surface area (TPSA) is 53.8 Å². The van der Waals surface area contributed by atoms with E-state index in [1.54, 1.807) is 24.4 Å². The second-order valence-electron chi connectivity index (χ2n) is 4.34. The zero-order chi connectivity index (χ0) is 15.1. The Morgan fingerprint density at radius 2 is 2.10 bits per heavy atom. The molecule has 0 radical (unpaired) electrons. The van der Waals surface area contributed by atoms with Gasteiger partial charge in [-0.05, 0) is 42.3 Å². The third-order valence-electron chi connectivity index (χ3n) is 2.82. The van der Waals surface area contributed by atoms with Crippen molar-refractivity contribution >= 4 is 17.8 Å². The molecule has 0 aliphatic carbocycles. The van der Waals surface area contributed by atoms with Gasteiger partial charge in [-0.15, -0.1) is 0 Å². The first-order chi connectivity index (χ1) is 10.2. The van der Waals surface area contributed by atoms with Gasteiger partial charge in [0.2, 0.25) is 0 Å². The van der Waals surface area contributed by atoms with Crippen LogP contribution in [0.4, 0.5) is 0 Å². The summed E-state index contributed by atoms with van der Waals surface area (Å²) in [6.07, 6.45) is 1.67. The van der Waals surface area contributed by atoms with Crippen molar-refractivity contribution in [3.8, 4) is 11.5 Å². The third kappa shape index (κ3) is 4.39. The molecule has 0 spiro atoms. The maximum Gasteiger partial charge on any atom is 0.161 e. The Morgan fingerprint density at radius 1 is 1.29 bits per heavy atom. The van der Waals surface area contributed by atoms with Gasteiger partial charge in [0.1, 0.15) is 0 Å². The van der Waals surface area contributed by atoms with E-state index in [1.807, 2.05) is 31.2 Å². The van der Waals surface area contributed by atoms with Crippen molar-refractivity contribution in [1.82, 2.24) is 5.43 Å². The van der Waals surface area contributed by atoms with E-state index >= 15 is 0 Å². The average Bonchev–Trinajstić information content (AvgIpc) is 2.49. The molecular weight excluding hydrogens is 288 g/mol. The van der Waals surface area contributed by atoms with E-state index in [-0.39, 0.29) is 5.75 Å². The number of hydrazone groups is 1. The van der Waals surface area contributed by atoms with Gasteiger partial charge in [0, 0.05) is 5.02 Å². The molecule has 5 heteroatoms. The molecule has 2 aromatic carbocycles. The number of rotatable bonds is 6. The molecule has 0 bridgehead atoms. The summed E-state index contributed by atoms with van der Waals surface area (Å²) in [6.45, 7) is 2.91. The van der Waals surface area contributed by atoms with E-state index in [2.05, 4.69) is 10.5 Å². The Kier molecular flexibility index (Phi) is 5.46. The number of nitrogens with one attached hydrogen (secondary N) is 1. The van der Waals surface area contributed by atoms with E-state index in [0.717, 1.165) is 11.1 Å². The first-order valence-electron chi connectivity index (χ1n) is 6.66. The van der Waals surface area contributed by atoms with Crippen LogP contribution in [-0.4, -0.2) is 17.9 Å². The lowest BCUT2D eigenvalue weighted by Gasteiger charge is -2.06. The van der Waals surface area contributed by atoms with Crippen LogP contribution in [0.15, 0.2) is 47.6 Å². The van der Waals surface area contributed by atoms with Gasteiger partial charge in [-0.3, -0.25) is 0 Å². The number of hydrogen-bond donors (Lipinski definition) is 2. The van der Waals surface area contributed by atoms with Crippen molar-refractivity contribution in [1.29, 1.82) is 0 Å². The van der Waals surface area contributed by atoms with E-state index in [0.29, 0.717) is 23.9 Å². The van der Waals surface area contributed by atoms with Crippen LogP contribution in [0.2, 0.25) is 5.02 Å². The molecule has 2 aromatic rings. The standard InChI is InChI=1S/C16H17ClN2O2/c1-2-21-16-9-12(7-8-15(16)20)10-18-19-11-13-5-3-4-6-14(13)17/h3-10,19-20H,2,11H2,1H3/b18-10-. The van der Waals surface area contributed by atoms with E-state index in [4.69, 9.17) is 16.3 Å². The fraction of sp³-hybridized carbons (Fsp3) is 0.188. The minimum absolute atomic E-state index is 0.123. The molecule has 21 heavy (non-hydrogen) atoms. The van der Waals surface area contributed by atoms with E-state index < -0.39 is 0 Å². The van der Waals surface area contributed by atoms with Gasteiger partial charge in [0.25, 0.3) is 0 Å². The lowest BCUT2D eigenvalue weighted by atomic mass is 10.2. The summed E-state index contributed by atoms with van der Waals surface area (Å²) >= 11 is 6.06. The predicted octanol–water partition coefficient (Wildman–Crippen LogP) is 3.57. The number of nitrogens with zero attached hydrogens (tertiary/aromatic N) is 1. The number of benzene rings is 2. The Balaban J connectivity index is 1.95. The highest BCUT2D eigenvalue weighted by atomic mass is 35.5. The minimum atomic E-state index is 0.123. The Morgan fingerprint density at radius 3 is 2.86 bits per heavy atom. The van der Waals surface area contributed by atoms with Crippen LogP contribution in [0, 0.1) is 0 Å². The first kappa shape index (κ1) is 15.2. The highest BCUT2D eigenvalue weighted by molar-refractivity contribution is 6.31. The van der Waals surface area contributed by atoms with Crippen molar-refractivity contribution in [2.45, 2.75) is 13.5 Å². The molecule has 0 unspecified atom stereocenters. The Bertz CT molecular complexity index is 629. The highest BCUT2D eigenvalue weighted by Crippen LogP contribution is 2.26. The van der Waals surface area contributed by atoms with Crippen LogP contribution in [0.3, 0.4) is 0 Å². The molecule has 0 aromatic heterocycles. The molecule has 0 heterocycles. The summed E-state index contributed by atoms with van der Waals surface area (Å²) in [5, 5.41) is 14.5. The molecule has 4 nitrogen and oxygen atoms in total. The van der Waals surface area contributed by atoms with Crippen molar-refractivity contribution in [3.63, 3.8) is 0 Å². The molecule has 0 aliphatic heterocycles. The van der Waals surface area contributed by atoms with Crippen molar-refractivity contribution in [3.05, 3.63) is 58.6 Å². The van der Waals surface area contributed by atoms with Crippen molar-refractivity contribution in [2.24, 2.45) is 5.10 Å². The molecule has 0 fully saturated rings. The number of phenols is 1. The summed E-state index contributed by atoms with van der Waals surface area (Å²) in [4.78, 5) is 0. The van der Waals surface area contributed by atoms with Gasteiger partial charge >= 0.3 is 0 Å². The highest BCUT2D eigenvalue weighted by Gasteiger charge is 2.02. The van der Waals surface area contributed by atoms with E-state index in [9.17, 15) is 5.11 Å². The number of aromatic hydroxyl groups is 1. The lowest BCUT2D eigenvalue weighted by molar-refractivity contribution is 0.318. The molecule has 0 saturated carbocycles. The van der Waals surface area contributed by atoms with Crippen LogP contribution in [0.25, 0.3) is 0 Å². The second-order valence-corrected chi connectivity index (χ2v) is 4.75. The molecule has 0 saturated heterocycles. The number of hydrogen-bond acceptors (Lipinski definition) is 4. The molecule has 0 aliphatic rings. The summed E-state index contributed by atoms with van der Waals surface area (Å²) in [5.74, 6) is 0.575. The summed E-state index contributed by atoms with van der Waals surface area (Å²) in [5.41, 5.74) is 4.76. The normalized spacial score (nSPS) is 10.8. The predicted molar refractivity (Wildman–Crippen MR) is 85.2 cm³/mol. The number of phenolic OH excluding ortho intramolecular Hbond substituents is 1. The quantitative estimate of drug-likeness (QED) is 0.633. The monoisotopic (exact) mass is 304 g/mol. The molecule has 2 rings (SSSR count). The second kappa shape index (κ2) is 7.55. The van der Waals surface area contributed by atoms with Gasteiger partial charge in [-0.2, -0.15) is 5.10 Å². The lowest BCUT2D eigenvalue weighted by Crippen LogP contribution is -2.06. The van der Waals surface area contributed by atoms with E-state index in [1.165, 1.54) is 0 Å². The van der Waals surface area contributed by atoms with Crippen molar-refractivity contribution < 1.29 is 9.84 Å². The smallest absolute Gasteiger partial charge is 0.161 e. The Hall–Kier alpha value is -2.20. The number of ether oxygens (including phenoxy) is 1. The van der Waals surface area contributed by atoms with Crippen LogP contribution in [0.5, 0.6) is 11.5 Å². The van der Waals surface area contributed by atoms with Gasteiger partial charge in [0.05, 0.1) is 19.4 Å². The molecule has 0 atom stereocenters. The zero-order valence-electron chi connectivity index (χ0n) is 11.7. The third-order valence-corrected chi connectivity index (χ3v) is 3.18. The first-order valence-corrected chi connectivity index (χ1v) is 7.03. The van der Waals surface area contributed by atoms with Crippen LogP contribution in [0.1, 0.15) is 18.1 Å². The van der Waals surface area contributed by atoms with Gasteiger partial charge in [0.15, 0.2) is 11.5 Å². The largest absolute Gasteiger partial charge is 0.504 e. The SMILES string of the molecule is CCOc1cc(/C=N\NCc2ccccc2Cl)ccc1O. The van der Waals surface area contributed by atoms with Gasteiger partial charge < -0.3 is 15.3 Å². The summed E-state index contributed by atoms with van der Waals surface area (Å²) in [7, 11) is 0. The fourth-order valence-corrected chi connectivity index (χ4v) is 1.98. The molecule has 110 valence electrons. The number of halogens is 1. The van der Waals surface area contributed by atoms with Crippen LogP contribution in [-0.2, 0) is 6.54 Å².